The number of para-hydroxylation sites is 1. The lowest BCUT2D eigenvalue weighted by Crippen LogP contribution is -2.11. The summed E-state index contributed by atoms with van der Waals surface area (Å²) >= 11 is 3.94. The third-order valence-electron chi connectivity index (χ3n) is 2.43. The number of benzene rings is 1. The Labute approximate surface area is 131 Å². The van der Waals surface area contributed by atoms with Gasteiger partial charge in [-0.1, -0.05) is 29.2 Å². The van der Waals surface area contributed by atoms with Crippen molar-refractivity contribution in [1.82, 2.24) is 15.2 Å². The van der Waals surface area contributed by atoms with E-state index in [1.165, 1.54) is 34.4 Å². The van der Waals surface area contributed by atoms with Crippen molar-refractivity contribution < 1.29 is 9.90 Å². The molecule has 2 N–H and O–H groups in total. The molecule has 106 valence electrons. The Morgan fingerprint density at radius 2 is 2.24 bits per heavy atom. The molecule has 21 heavy (non-hydrogen) atoms. The van der Waals surface area contributed by atoms with E-state index in [9.17, 15) is 9.90 Å². The molecule has 0 bridgehead atoms. The highest BCUT2D eigenvalue weighted by atomic mass is 32.2. The zero-order valence-corrected chi connectivity index (χ0v) is 12.8. The van der Waals surface area contributed by atoms with Crippen LogP contribution in [0.4, 0.5) is 5.13 Å². The maximum absolute atomic E-state index is 12.1. The number of thiazole rings is 1. The molecule has 0 aliphatic rings. The van der Waals surface area contributed by atoms with E-state index < -0.39 is 5.91 Å². The van der Waals surface area contributed by atoms with Crippen LogP contribution in [-0.4, -0.2) is 26.2 Å². The number of phenolic OH excluding ortho intramolecular Hbond substituents is 1. The lowest BCUT2D eigenvalue weighted by Gasteiger charge is -2.07. The van der Waals surface area contributed by atoms with Crippen LogP contribution in [0.3, 0.4) is 0 Å². The van der Waals surface area contributed by atoms with E-state index in [4.69, 9.17) is 0 Å². The van der Waals surface area contributed by atoms with Crippen LogP contribution in [0.2, 0.25) is 0 Å². The van der Waals surface area contributed by atoms with Crippen molar-refractivity contribution in [3.63, 3.8) is 0 Å². The summed E-state index contributed by atoms with van der Waals surface area (Å²) in [5, 5.41) is 22.8. The first-order valence-corrected chi connectivity index (χ1v) is 8.28. The average Bonchev–Trinajstić information content (AvgIpc) is 3.14. The van der Waals surface area contributed by atoms with Crippen molar-refractivity contribution >= 4 is 45.5 Å². The number of anilines is 1. The molecule has 0 radical (unpaired) electrons. The van der Waals surface area contributed by atoms with Crippen molar-refractivity contribution in [2.75, 3.05) is 5.32 Å². The molecule has 1 aromatic carbocycles. The Balaban J connectivity index is 1.84. The molecule has 0 aliphatic heterocycles. The van der Waals surface area contributed by atoms with Gasteiger partial charge < -0.3 is 5.11 Å². The lowest BCUT2D eigenvalue weighted by atomic mass is 10.2. The van der Waals surface area contributed by atoms with Crippen LogP contribution in [0.25, 0.3) is 0 Å². The number of carbonyl (C=O) groups is 1. The number of aromatic nitrogens is 3. The molecule has 2 aromatic heterocycles. The standard InChI is InChI=1S/C12H8N4O2S3/c17-9-7(10(18)15-11-13-4-5-19-11)2-1-3-8(9)21-12-16-14-6-20-12/h1-6,17H,(H,13,15,18). The Bertz CT molecular complexity index is 744. The minimum atomic E-state index is -0.401. The van der Waals surface area contributed by atoms with Crippen LogP contribution in [0, 0.1) is 0 Å². The molecule has 0 saturated heterocycles. The second-order valence-electron chi connectivity index (χ2n) is 3.75. The molecule has 1 amide bonds. The number of aromatic hydroxyl groups is 1. The Hall–Kier alpha value is -1.97. The predicted molar refractivity (Wildman–Crippen MR) is 82.2 cm³/mol. The zero-order valence-electron chi connectivity index (χ0n) is 10.4. The van der Waals surface area contributed by atoms with Gasteiger partial charge in [0.2, 0.25) is 0 Å². The SMILES string of the molecule is O=C(Nc1nccs1)c1cccc(Sc2nncs2)c1O. The van der Waals surface area contributed by atoms with Gasteiger partial charge in [0.1, 0.15) is 11.3 Å². The molecule has 6 nitrogen and oxygen atoms in total. The number of phenols is 1. The highest BCUT2D eigenvalue weighted by Gasteiger charge is 2.16. The van der Waals surface area contributed by atoms with Gasteiger partial charge in [0.25, 0.3) is 5.91 Å². The van der Waals surface area contributed by atoms with Crippen molar-refractivity contribution in [3.8, 4) is 5.75 Å². The summed E-state index contributed by atoms with van der Waals surface area (Å²) in [5.41, 5.74) is 1.80. The fraction of sp³-hybridized carbons (Fsp3) is 0. The topological polar surface area (TPSA) is 88.0 Å². The van der Waals surface area contributed by atoms with E-state index in [1.807, 2.05) is 0 Å². The molecule has 0 spiro atoms. The molecule has 0 atom stereocenters. The second kappa shape index (κ2) is 6.20. The number of rotatable bonds is 4. The summed E-state index contributed by atoms with van der Waals surface area (Å²) in [6, 6.07) is 4.99. The van der Waals surface area contributed by atoms with Crippen molar-refractivity contribution in [2.24, 2.45) is 0 Å². The van der Waals surface area contributed by atoms with E-state index in [0.29, 0.717) is 14.4 Å². The monoisotopic (exact) mass is 336 g/mol. The zero-order chi connectivity index (χ0) is 14.7. The normalized spacial score (nSPS) is 10.5. The van der Waals surface area contributed by atoms with E-state index in [0.717, 1.165) is 0 Å². The van der Waals surface area contributed by atoms with Crippen LogP contribution < -0.4 is 5.32 Å². The van der Waals surface area contributed by atoms with Gasteiger partial charge in [0.15, 0.2) is 9.47 Å². The largest absolute Gasteiger partial charge is 0.506 e. The van der Waals surface area contributed by atoms with E-state index in [2.05, 4.69) is 20.5 Å². The van der Waals surface area contributed by atoms with E-state index in [-0.39, 0.29) is 11.3 Å². The summed E-state index contributed by atoms with van der Waals surface area (Å²) in [5.74, 6) is -0.478. The van der Waals surface area contributed by atoms with Gasteiger partial charge in [0.05, 0.1) is 10.5 Å². The molecular weight excluding hydrogens is 328 g/mol. The van der Waals surface area contributed by atoms with Gasteiger partial charge in [-0.15, -0.1) is 21.5 Å². The average molecular weight is 336 g/mol. The molecule has 3 aromatic rings. The van der Waals surface area contributed by atoms with Crippen LogP contribution in [0.5, 0.6) is 5.75 Å². The van der Waals surface area contributed by atoms with Gasteiger partial charge >= 0.3 is 0 Å². The van der Waals surface area contributed by atoms with Crippen molar-refractivity contribution in [1.29, 1.82) is 0 Å². The number of amides is 1. The van der Waals surface area contributed by atoms with Gasteiger partial charge in [-0.05, 0) is 12.1 Å². The number of hydrogen-bond donors (Lipinski definition) is 2. The number of hydrogen-bond acceptors (Lipinski definition) is 8. The van der Waals surface area contributed by atoms with Gasteiger partial charge in [0, 0.05) is 11.6 Å². The van der Waals surface area contributed by atoms with Crippen molar-refractivity contribution in [2.45, 2.75) is 9.24 Å². The third-order valence-corrected chi connectivity index (χ3v) is 4.95. The summed E-state index contributed by atoms with van der Waals surface area (Å²) in [6.07, 6.45) is 1.60. The number of nitrogens with one attached hydrogen (secondary N) is 1. The van der Waals surface area contributed by atoms with E-state index in [1.54, 1.807) is 35.3 Å². The van der Waals surface area contributed by atoms with Gasteiger partial charge in [-0.3, -0.25) is 10.1 Å². The minimum absolute atomic E-state index is 0.0771. The molecule has 2 heterocycles. The minimum Gasteiger partial charge on any atom is -0.506 e. The second-order valence-corrected chi connectivity index (χ2v) is 6.77. The maximum atomic E-state index is 12.1. The lowest BCUT2D eigenvalue weighted by molar-refractivity contribution is 0.102. The summed E-state index contributed by atoms with van der Waals surface area (Å²) < 4.78 is 0.697. The third kappa shape index (κ3) is 3.20. The molecule has 9 heteroatoms. The summed E-state index contributed by atoms with van der Waals surface area (Å²) in [7, 11) is 0. The highest BCUT2D eigenvalue weighted by Crippen LogP contribution is 2.37. The molecule has 0 saturated carbocycles. The highest BCUT2D eigenvalue weighted by molar-refractivity contribution is 8.01. The molecule has 0 unspecified atom stereocenters. The Kier molecular flexibility index (Phi) is 4.13. The fourth-order valence-electron chi connectivity index (χ4n) is 1.54. The van der Waals surface area contributed by atoms with Crippen LogP contribution in [0.15, 0.2) is 44.5 Å². The Morgan fingerprint density at radius 3 is 2.95 bits per heavy atom. The molecule has 0 aliphatic carbocycles. The van der Waals surface area contributed by atoms with Gasteiger partial charge in [-0.25, -0.2) is 4.98 Å². The van der Waals surface area contributed by atoms with Crippen LogP contribution in [0.1, 0.15) is 10.4 Å². The number of nitrogens with zero attached hydrogens (tertiary/aromatic N) is 3. The fourth-order valence-corrected chi connectivity index (χ4v) is 3.56. The first-order chi connectivity index (χ1) is 10.2. The van der Waals surface area contributed by atoms with E-state index >= 15 is 0 Å². The maximum Gasteiger partial charge on any atom is 0.261 e. The smallest absolute Gasteiger partial charge is 0.261 e. The van der Waals surface area contributed by atoms with Crippen LogP contribution >= 0.6 is 34.4 Å². The molecule has 3 rings (SSSR count). The first kappa shape index (κ1) is 14.0. The van der Waals surface area contributed by atoms with Gasteiger partial charge in [-0.2, -0.15) is 0 Å². The molecular formula is C12H8N4O2S3. The Morgan fingerprint density at radius 1 is 1.33 bits per heavy atom. The predicted octanol–water partition coefficient (Wildman–Crippen LogP) is 3.10. The summed E-state index contributed by atoms with van der Waals surface area (Å²) in [4.78, 5) is 16.7. The summed E-state index contributed by atoms with van der Waals surface area (Å²) in [6.45, 7) is 0. The number of carbonyl (C=O) groups excluding carboxylic acids is 1. The van der Waals surface area contributed by atoms with Crippen LogP contribution in [-0.2, 0) is 0 Å². The quantitative estimate of drug-likeness (QED) is 0.761. The first-order valence-electron chi connectivity index (χ1n) is 5.71. The van der Waals surface area contributed by atoms with Crippen molar-refractivity contribution in [3.05, 3.63) is 40.8 Å². The molecule has 0 fully saturated rings.